The molecule has 0 radical (unpaired) electrons. The molecule has 0 amide bonds. The first-order valence-corrected chi connectivity index (χ1v) is 6.19. The van der Waals surface area contributed by atoms with E-state index >= 15 is 0 Å². The molecule has 0 aliphatic rings. The van der Waals surface area contributed by atoms with Crippen LogP contribution in [0.2, 0.25) is 0 Å². The molecular weight excluding hydrogens is 240 g/mol. The summed E-state index contributed by atoms with van der Waals surface area (Å²) in [4.78, 5) is 10.4. The van der Waals surface area contributed by atoms with Crippen LogP contribution in [0.15, 0.2) is 54.6 Å². The van der Waals surface area contributed by atoms with Gasteiger partial charge >= 0.3 is 0 Å². The largest absolute Gasteiger partial charge is 0.330 e. The maximum atomic E-state index is 10.8. The molecular formula is C15H16N2O2. The number of benzene rings is 2. The highest BCUT2D eigenvalue weighted by molar-refractivity contribution is 5.35. The molecule has 98 valence electrons. The third kappa shape index (κ3) is 3.39. The molecule has 1 unspecified atom stereocenters. The zero-order valence-corrected chi connectivity index (χ0v) is 10.5. The summed E-state index contributed by atoms with van der Waals surface area (Å²) in [6.07, 6.45) is 0.711. The molecule has 0 bridgehead atoms. The maximum Gasteiger partial charge on any atom is 0.269 e. The molecule has 4 heteroatoms. The minimum absolute atomic E-state index is 0.126. The number of hydrogen-bond acceptors (Lipinski definition) is 3. The van der Waals surface area contributed by atoms with Gasteiger partial charge in [-0.15, -0.1) is 0 Å². The summed E-state index contributed by atoms with van der Waals surface area (Å²) in [6.45, 7) is 0.521. The Hall–Kier alpha value is -2.20. The number of hydrogen-bond donors (Lipinski definition) is 1. The Morgan fingerprint density at radius 2 is 1.84 bits per heavy atom. The molecule has 2 rings (SSSR count). The van der Waals surface area contributed by atoms with Gasteiger partial charge in [-0.2, -0.15) is 0 Å². The highest BCUT2D eigenvalue weighted by Crippen LogP contribution is 2.22. The van der Waals surface area contributed by atoms with Gasteiger partial charge < -0.3 is 5.73 Å². The van der Waals surface area contributed by atoms with E-state index in [9.17, 15) is 10.1 Å². The van der Waals surface area contributed by atoms with Crippen molar-refractivity contribution in [1.82, 2.24) is 0 Å². The number of nitro groups is 1. The molecule has 0 aromatic heterocycles. The van der Waals surface area contributed by atoms with Crippen molar-refractivity contribution in [3.05, 3.63) is 75.8 Å². The Labute approximate surface area is 112 Å². The van der Waals surface area contributed by atoms with Crippen molar-refractivity contribution >= 4 is 5.69 Å². The van der Waals surface area contributed by atoms with Gasteiger partial charge in [-0.1, -0.05) is 42.5 Å². The van der Waals surface area contributed by atoms with E-state index in [1.807, 2.05) is 36.4 Å². The van der Waals surface area contributed by atoms with Crippen molar-refractivity contribution in [1.29, 1.82) is 0 Å². The van der Waals surface area contributed by atoms with Crippen molar-refractivity contribution in [3.8, 4) is 0 Å². The lowest BCUT2D eigenvalue weighted by molar-refractivity contribution is -0.384. The number of non-ortho nitro benzene ring substituents is 1. The van der Waals surface area contributed by atoms with Crippen molar-refractivity contribution in [3.63, 3.8) is 0 Å². The van der Waals surface area contributed by atoms with Crippen LogP contribution in [-0.2, 0) is 6.42 Å². The van der Waals surface area contributed by atoms with E-state index in [2.05, 4.69) is 0 Å². The van der Waals surface area contributed by atoms with E-state index in [1.165, 1.54) is 6.07 Å². The van der Waals surface area contributed by atoms with Crippen LogP contribution in [0.5, 0.6) is 0 Å². The fourth-order valence-electron chi connectivity index (χ4n) is 2.14. The molecule has 2 aromatic carbocycles. The lowest BCUT2D eigenvalue weighted by Crippen LogP contribution is -2.15. The molecule has 0 heterocycles. The SMILES string of the molecule is NCC(Cc1cccc([N+](=O)[O-])c1)c1ccccc1. The van der Waals surface area contributed by atoms with Crippen LogP contribution in [0, 0.1) is 10.1 Å². The van der Waals surface area contributed by atoms with Crippen LogP contribution in [0.3, 0.4) is 0 Å². The Balaban J connectivity index is 2.19. The second kappa shape index (κ2) is 6.11. The van der Waals surface area contributed by atoms with Crippen LogP contribution in [0.1, 0.15) is 17.0 Å². The second-order valence-electron chi connectivity index (χ2n) is 4.47. The highest BCUT2D eigenvalue weighted by atomic mass is 16.6. The van der Waals surface area contributed by atoms with Crippen molar-refractivity contribution in [2.45, 2.75) is 12.3 Å². The van der Waals surface area contributed by atoms with Gasteiger partial charge in [0.2, 0.25) is 0 Å². The van der Waals surface area contributed by atoms with Gasteiger partial charge in [0.25, 0.3) is 5.69 Å². The van der Waals surface area contributed by atoms with E-state index in [0.717, 1.165) is 11.1 Å². The van der Waals surface area contributed by atoms with Crippen LogP contribution < -0.4 is 5.73 Å². The van der Waals surface area contributed by atoms with Gasteiger partial charge in [-0.05, 0) is 24.1 Å². The van der Waals surface area contributed by atoms with Gasteiger partial charge in [0, 0.05) is 18.1 Å². The Morgan fingerprint density at radius 3 is 2.47 bits per heavy atom. The van der Waals surface area contributed by atoms with Crippen LogP contribution in [0.25, 0.3) is 0 Å². The van der Waals surface area contributed by atoms with Crippen LogP contribution >= 0.6 is 0 Å². The van der Waals surface area contributed by atoms with Gasteiger partial charge in [-0.25, -0.2) is 0 Å². The third-order valence-electron chi connectivity index (χ3n) is 3.16. The van der Waals surface area contributed by atoms with Crippen molar-refractivity contribution in [2.24, 2.45) is 5.73 Å². The van der Waals surface area contributed by atoms with Gasteiger partial charge in [0.15, 0.2) is 0 Å². The van der Waals surface area contributed by atoms with Crippen molar-refractivity contribution in [2.75, 3.05) is 6.54 Å². The minimum atomic E-state index is -0.372. The molecule has 0 saturated heterocycles. The molecule has 0 aliphatic heterocycles. The molecule has 0 spiro atoms. The predicted octanol–water partition coefficient (Wildman–Crippen LogP) is 2.88. The molecule has 19 heavy (non-hydrogen) atoms. The standard InChI is InChI=1S/C15H16N2O2/c16-11-14(13-6-2-1-3-7-13)9-12-5-4-8-15(10-12)17(18)19/h1-8,10,14H,9,11,16H2. The van der Waals surface area contributed by atoms with E-state index < -0.39 is 0 Å². The van der Waals surface area contributed by atoms with Gasteiger partial charge in [-0.3, -0.25) is 10.1 Å². The zero-order chi connectivity index (χ0) is 13.7. The molecule has 0 saturated carbocycles. The van der Waals surface area contributed by atoms with Crippen molar-refractivity contribution < 1.29 is 4.92 Å². The molecule has 0 fully saturated rings. The lowest BCUT2D eigenvalue weighted by Gasteiger charge is -2.15. The molecule has 2 N–H and O–H groups in total. The van der Waals surface area contributed by atoms with E-state index in [-0.39, 0.29) is 16.5 Å². The average Bonchev–Trinajstić information content (AvgIpc) is 2.46. The zero-order valence-electron chi connectivity index (χ0n) is 10.5. The first-order chi connectivity index (χ1) is 9.20. The highest BCUT2D eigenvalue weighted by Gasteiger charge is 2.12. The smallest absolute Gasteiger partial charge is 0.269 e. The van der Waals surface area contributed by atoms with Gasteiger partial charge in [0.05, 0.1) is 4.92 Å². The first-order valence-electron chi connectivity index (χ1n) is 6.19. The Morgan fingerprint density at radius 1 is 1.11 bits per heavy atom. The normalized spacial score (nSPS) is 12.1. The fraction of sp³-hybridized carbons (Fsp3) is 0.200. The summed E-state index contributed by atoms with van der Waals surface area (Å²) in [5.41, 5.74) is 8.04. The quantitative estimate of drug-likeness (QED) is 0.660. The number of nitrogens with zero attached hydrogens (tertiary/aromatic N) is 1. The number of rotatable bonds is 5. The topological polar surface area (TPSA) is 69.2 Å². The average molecular weight is 256 g/mol. The molecule has 2 aromatic rings. The lowest BCUT2D eigenvalue weighted by atomic mass is 9.92. The minimum Gasteiger partial charge on any atom is -0.330 e. The molecule has 4 nitrogen and oxygen atoms in total. The maximum absolute atomic E-state index is 10.8. The Bertz CT molecular complexity index is 555. The van der Waals surface area contributed by atoms with Crippen LogP contribution in [0.4, 0.5) is 5.69 Å². The molecule has 1 atom stereocenters. The summed E-state index contributed by atoms with van der Waals surface area (Å²) >= 11 is 0. The van der Waals surface area contributed by atoms with E-state index in [4.69, 9.17) is 5.73 Å². The Kier molecular flexibility index (Phi) is 4.26. The summed E-state index contributed by atoms with van der Waals surface area (Å²) in [5.74, 6) is 0.184. The van der Waals surface area contributed by atoms with E-state index in [1.54, 1.807) is 12.1 Å². The van der Waals surface area contributed by atoms with Gasteiger partial charge in [0.1, 0.15) is 0 Å². The number of nitro benzene ring substituents is 1. The summed E-state index contributed by atoms with van der Waals surface area (Å²) in [7, 11) is 0. The van der Waals surface area contributed by atoms with E-state index in [0.29, 0.717) is 13.0 Å². The fourth-order valence-corrected chi connectivity index (χ4v) is 2.14. The third-order valence-corrected chi connectivity index (χ3v) is 3.16. The number of nitrogens with two attached hydrogens (primary N) is 1. The monoisotopic (exact) mass is 256 g/mol. The summed E-state index contributed by atoms with van der Waals surface area (Å²) in [6, 6.07) is 16.7. The van der Waals surface area contributed by atoms with Crippen LogP contribution in [-0.4, -0.2) is 11.5 Å². The second-order valence-corrected chi connectivity index (χ2v) is 4.47. The summed E-state index contributed by atoms with van der Waals surface area (Å²) in [5, 5.41) is 10.8. The summed E-state index contributed by atoms with van der Waals surface area (Å²) < 4.78 is 0. The predicted molar refractivity (Wildman–Crippen MR) is 75.0 cm³/mol. The molecule has 0 aliphatic carbocycles. The first kappa shape index (κ1) is 13.2.